The molecule has 0 bridgehead atoms. The van der Waals surface area contributed by atoms with E-state index in [1.165, 1.54) is 186 Å². The molecular weight excluding hydrogens is 1310 g/mol. The number of ether oxygens (including phenoxy) is 4. The Hall–Kier alpha value is -2.72. The summed E-state index contributed by atoms with van der Waals surface area (Å²) >= 11 is 0. The van der Waals surface area contributed by atoms with Crippen molar-refractivity contribution < 1.29 is 80.2 Å². The number of carbonyl (C=O) groups excluding carboxylic acids is 4. The van der Waals surface area contributed by atoms with Crippen molar-refractivity contribution in [3.63, 3.8) is 0 Å². The fourth-order valence-corrected chi connectivity index (χ4v) is 13.3. The van der Waals surface area contributed by atoms with Crippen LogP contribution in [0.25, 0.3) is 0 Å². The van der Waals surface area contributed by atoms with E-state index in [-0.39, 0.29) is 25.7 Å². The molecule has 0 rings (SSSR count). The first kappa shape index (κ1) is 97.3. The maximum atomic E-state index is 13.1. The molecule has 0 radical (unpaired) electrons. The van der Waals surface area contributed by atoms with Gasteiger partial charge in [-0.15, -0.1) is 0 Å². The van der Waals surface area contributed by atoms with Crippen molar-refractivity contribution in [2.45, 2.75) is 418 Å². The quantitative estimate of drug-likeness (QED) is 0.0169. The Morgan fingerprint density at radius 3 is 0.700 bits per heavy atom. The summed E-state index contributed by atoms with van der Waals surface area (Å²) in [5.41, 5.74) is 0. The summed E-state index contributed by atoms with van der Waals surface area (Å²) in [7, 11) is -9.94. The second-order valence-electron chi connectivity index (χ2n) is 28.1. The Labute approximate surface area is 611 Å². The monoisotopic (exact) mass is 1460 g/mol. The predicted octanol–water partition coefficient (Wildman–Crippen LogP) is 23.9. The van der Waals surface area contributed by atoms with Crippen LogP contribution in [0.2, 0.25) is 0 Å². The summed E-state index contributed by atoms with van der Waals surface area (Å²) < 4.78 is 68.7. The highest BCUT2D eigenvalue weighted by atomic mass is 31.2. The number of rotatable bonds is 79. The van der Waals surface area contributed by atoms with Crippen LogP contribution in [0.5, 0.6) is 0 Å². The molecule has 0 aromatic carbocycles. The highest BCUT2D eigenvalue weighted by Gasteiger charge is 2.30. The average Bonchev–Trinajstić information content (AvgIpc) is 1.01. The molecular formula is C81H152O17P2. The third-order valence-corrected chi connectivity index (χ3v) is 20.0. The van der Waals surface area contributed by atoms with Gasteiger partial charge in [0.1, 0.15) is 19.3 Å². The molecule has 0 saturated heterocycles. The van der Waals surface area contributed by atoms with E-state index >= 15 is 0 Å². The molecule has 0 aromatic rings. The Bertz CT molecular complexity index is 2040. The summed E-state index contributed by atoms with van der Waals surface area (Å²) in [6, 6.07) is 0. The second kappa shape index (κ2) is 74.5. The zero-order valence-corrected chi connectivity index (χ0v) is 66.2. The number of unbranched alkanes of at least 4 members (excludes halogenated alkanes) is 47. The van der Waals surface area contributed by atoms with Crippen molar-refractivity contribution >= 4 is 39.5 Å². The van der Waals surface area contributed by atoms with Gasteiger partial charge in [0.25, 0.3) is 0 Å². The number of esters is 4. The predicted molar refractivity (Wildman–Crippen MR) is 409 cm³/mol. The van der Waals surface area contributed by atoms with Crippen LogP contribution in [0.1, 0.15) is 400 Å². The molecule has 0 saturated carbocycles. The van der Waals surface area contributed by atoms with Crippen LogP contribution in [-0.4, -0.2) is 96.7 Å². The van der Waals surface area contributed by atoms with Crippen molar-refractivity contribution in [1.29, 1.82) is 0 Å². The fraction of sp³-hybridized carbons (Fsp3) is 0.877. The maximum Gasteiger partial charge on any atom is 0.472 e. The lowest BCUT2D eigenvalue weighted by atomic mass is 10.0. The normalized spacial score (nSPS) is 14.0. The summed E-state index contributed by atoms with van der Waals surface area (Å²) in [6.07, 6.45) is 71.1. The summed E-state index contributed by atoms with van der Waals surface area (Å²) in [6.45, 7) is 4.94. The first-order valence-electron chi connectivity index (χ1n) is 41.2. The molecule has 588 valence electrons. The van der Waals surface area contributed by atoms with Crippen molar-refractivity contribution in [3.05, 3.63) is 36.5 Å². The lowest BCUT2D eigenvalue weighted by Gasteiger charge is -2.21. The van der Waals surface area contributed by atoms with Crippen molar-refractivity contribution in [3.8, 4) is 0 Å². The van der Waals surface area contributed by atoms with E-state index in [2.05, 4.69) is 64.2 Å². The SMILES string of the molecule is CCCCCC/C=C\CCCCCCCCCC(=O)OC[C@H](COP(=O)(O)OC[C@@H](O)COP(=O)(O)OC[C@@H](COC(=O)CCCCCCCCCCCCCCCCC)OC(=O)CCCCCCC/C=C\CCCCCCCC)OC(=O)CCCCCCC/C=C\CCCCCCCC. The van der Waals surface area contributed by atoms with E-state index in [0.29, 0.717) is 25.7 Å². The molecule has 3 N–H and O–H groups in total. The zero-order chi connectivity index (χ0) is 73.2. The Morgan fingerprint density at radius 2 is 0.460 bits per heavy atom. The van der Waals surface area contributed by atoms with Crippen LogP contribution < -0.4 is 0 Å². The highest BCUT2D eigenvalue weighted by Crippen LogP contribution is 2.45. The van der Waals surface area contributed by atoms with Crippen molar-refractivity contribution in [1.82, 2.24) is 0 Å². The van der Waals surface area contributed by atoms with Gasteiger partial charge in [0, 0.05) is 25.7 Å². The molecule has 0 fully saturated rings. The average molecular weight is 1460 g/mol. The lowest BCUT2D eigenvalue weighted by molar-refractivity contribution is -0.161. The van der Waals surface area contributed by atoms with Gasteiger partial charge in [0.2, 0.25) is 0 Å². The number of aliphatic hydroxyl groups excluding tert-OH is 1. The van der Waals surface area contributed by atoms with Crippen LogP contribution in [0.15, 0.2) is 36.5 Å². The Balaban J connectivity index is 5.32. The van der Waals surface area contributed by atoms with Crippen LogP contribution in [0, 0.1) is 0 Å². The number of phosphoric acid groups is 2. The minimum absolute atomic E-state index is 0.0906. The maximum absolute atomic E-state index is 13.1. The van der Waals surface area contributed by atoms with E-state index < -0.39 is 97.5 Å². The molecule has 100 heavy (non-hydrogen) atoms. The number of phosphoric ester groups is 2. The van der Waals surface area contributed by atoms with Crippen LogP contribution in [0.4, 0.5) is 0 Å². The summed E-state index contributed by atoms with van der Waals surface area (Å²) in [5.74, 6) is -2.15. The minimum Gasteiger partial charge on any atom is -0.462 e. The fourth-order valence-electron chi connectivity index (χ4n) is 11.7. The molecule has 2 unspecified atom stereocenters. The molecule has 17 nitrogen and oxygen atoms in total. The molecule has 19 heteroatoms. The van der Waals surface area contributed by atoms with Crippen molar-refractivity contribution in [2.75, 3.05) is 39.6 Å². The lowest BCUT2D eigenvalue weighted by Crippen LogP contribution is -2.30. The van der Waals surface area contributed by atoms with Crippen molar-refractivity contribution in [2.24, 2.45) is 0 Å². The van der Waals surface area contributed by atoms with E-state index in [4.69, 9.17) is 37.0 Å². The Morgan fingerprint density at radius 1 is 0.270 bits per heavy atom. The van der Waals surface area contributed by atoms with Gasteiger partial charge >= 0.3 is 39.5 Å². The third-order valence-electron chi connectivity index (χ3n) is 18.1. The summed E-state index contributed by atoms with van der Waals surface area (Å²) in [4.78, 5) is 73.0. The molecule has 0 aliphatic carbocycles. The number of aliphatic hydroxyl groups is 1. The summed E-state index contributed by atoms with van der Waals surface area (Å²) in [5, 5.41) is 10.6. The molecule has 0 aromatic heterocycles. The smallest absolute Gasteiger partial charge is 0.462 e. The molecule has 0 aliphatic heterocycles. The van der Waals surface area contributed by atoms with Gasteiger partial charge in [0.15, 0.2) is 12.2 Å². The van der Waals surface area contributed by atoms with Crippen LogP contribution >= 0.6 is 15.6 Å². The van der Waals surface area contributed by atoms with Crippen LogP contribution in [-0.2, 0) is 65.4 Å². The third kappa shape index (κ3) is 73.6. The van der Waals surface area contributed by atoms with E-state index in [1.807, 2.05) is 0 Å². The first-order valence-corrected chi connectivity index (χ1v) is 44.2. The Kier molecular flexibility index (Phi) is 72.5. The number of carbonyl (C=O) groups is 4. The number of hydrogen-bond donors (Lipinski definition) is 3. The van der Waals surface area contributed by atoms with Gasteiger partial charge < -0.3 is 33.8 Å². The zero-order valence-electron chi connectivity index (χ0n) is 64.4. The molecule has 0 heterocycles. The van der Waals surface area contributed by atoms with Gasteiger partial charge in [-0.2, -0.15) is 0 Å². The molecule has 5 atom stereocenters. The second-order valence-corrected chi connectivity index (χ2v) is 31.0. The largest absolute Gasteiger partial charge is 0.472 e. The van der Waals surface area contributed by atoms with Gasteiger partial charge in [0.05, 0.1) is 26.4 Å². The van der Waals surface area contributed by atoms with Crippen LogP contribution in [0.3, 0.4) is 0 Å². The van der Waals surface area contributed by atoms with Gasteiger partial charge in [-0.1, -0.05) is 308 Å². The molecule has 0 amide bonds. The van der Waals surface area contributed by atoms with Gasteiger partial charge in [-0.05, 0) is 103 Å². The first-order chi connectivity index (χ1) is 48.7. The van der Waals surface area contributed by atoms with Gasteiger partial charge in [-0.3, -0.25) is 37.3 Å². The van der Waals surface area contributed by atoms with E-state index in [9.17, 15) is 43.2 Å². The minimum atomic E-state index is -4.97. The van der Waals surface area contributed by atoms with E-state index in [0.717, 1.165) is 135 Å². The number of hydrogen-bond acceptors (Lipinski definition) is 15. The molecule has 0 aliphatic rings. The number of allylic oxidation sites excluding steroid dienone is 6. The standard InChI is InChI=1S/C81H152O17P2/c1-5-9-13-17-21-25-29-33-37-41-45-49-53-57-61-65-78(83)91-71-76(97-80(85)67-63-59-55-51-47-43-39-35-31-27-23-19-15-11-7-3)73-95-99(87,88)93-69-75(82)70-94-100(89,90)96-74-77(98-81(86)68-64-60-56-52-48-44-40-36-32-28-24-20-16-12-8-4)72-92-79(84)66-62-58-54-50-46-42-38-34-30-26-22-18-14-10-6-2/h25,29,35-36,39-40,75-77,82H,5-24,26-28,30-34,37-38,41-74H2,1-4H3,(H,87,88)(H,89,90)/b29-25-,39-35-,40-36-/t75-,76-,77-/m1/s1. The van der Waals surface area contributed by atoms with E-state index in [1.54, 1.807) is 0 Å². The molecule has 0 spiro atoms. The topological polar surface area (TPSA) is 237 Å². The van der Waals surface area contributed by atoms with Gasteiger partial charge in [-0.25, -0.2) is 9.13 Å². The highest BCUT2D eigenvalue weighted by molar-refractivity contribution is 7.47.